The van der Waals surface area contributed by atoms with Crippen LogP contribution in [0.3, 0.4) is 0 Å². The lowest BCUT2D eigenvalue weighted by atomic mass is 9.85. The van der Waals surface area contributed by atoms with E-state index in [-0.39, 0.29) is 35.2 Å². The van der Waals surface area contributed by atoms with Crippen LogP contribution in [0.25, 0.3) is 0 Å². The zero-order valence-electron chi connectivity index (χ0n) is 16.4. The SMILES string of the molecule is CC(=O)c1ccc(N2CCN(C(=O)c3coc(NC(=O)C4CCC4)n3)CC2)cc1. The maximum atomic E-state index is 12.7. The number of benzene rings is 1. The number of ketones is 1. The van der Waals surface area contributed by atoms with Gasteiger partial charge >= 0.3 is 6.01 Å². The van der Waals surface area contributed by atoms with Crippen LogP contribution in [-0.4, -0.2) is 53.7 Å². The van der Waals surface area contributed by atoms with Gasteiger partial charge in [-0.05, 0) is 44.0 Å². The topological polar surface area (TPSA) is 95.8 Å². The molecule has 2 aromatic rings. The third-order valence-corrected chi connectivity index (χ3v) is 5.64. The number of nitrogens with one attached hydrogen (secondary N) is 1. The number of rotatable bonds is 5. The van der Waals surface area contributed by atoms with Crippen LogP contribution in [0.15, 0.2) is 34.9 Å². The lowest BCUT2D eigenvalue weighted by Gasteiger charge is -2.35. The Bertz CT molecular complexity index is 909. The average Bonchev–Trinajstić information content (AvgIpc) is 3.14. The first-order chi connectivity index (χ1) is 14.0. The summed E-state index contributed by atoms with van der Waals surface area (Å²) in [4.78, 5) is 44.1. The molecule has 8 nitrogen and oxygen atoms in total. The number of nitrogens with zero attached hydrogens (tertiary/aromatic N) is 3. The number of amides is 2. The molecule has 29 heavy (non-hydrogen) atoms. The Hall–Kier alpha value is -3.16. The van der Waals surface area contributed by atoms with Gasteiger partial charge in [0.15, 0.2) is 11.5 Å². The number of piperazine rings is 1. The predicted octanol–water partition coefficient (Wildman–Crippen LogP) is 2.58. The van der Waals surface area contributed by atoms with E-state index in [1.165, 1.54) is 6.26 Å². The average molecular weight is 396 g/mol. The van der Waals surface area contributed by atoms with Crippen molar-refractivity contribution in [3.05, 3.63) is 41.8 Å². The molecule has 2 heterocycles. The van der Waals surface area contributed by atoms with Crippen molar-refractivity contribution in [3.8, 4) is 0 Å². The van der Waals surface area contributed by atoms with E-state index in [1.807, 2.05) is 24.3 Å². The van der Waals surface area contributed by atoms with Crippen molar-refractivity contribution in [2.75, 3.05) is 36.4 Å². The van der Waals surface area contributed by atoms with Gasteiger partial charge in [-0.1, -0.05) is 6.42 Å². The van der Waals surface area contributed by atoms with Crippen LogP contribution in [0.5, 0.6) is 0 Å². The summed E-state index contributed by atoms with van der Waals surface area (Å²) in [7, 11) is 0. The fourth-order valence-corrected chi connectivity index (χ4v) is 3.54. The Balaban J connectivity index is 1.32. The molecule has 0 bridgehead atoms. The molecule has 0 atom stereocenters. The molecule has 2 amide bonds. The quantitative estimate of drug-likeness (QED) is 0.781. The Kier molecular flexibility index (Phi) is 5.33. The summed E-state index contributed by atoms with van der Waals surface area (Å²) in [5, 5.41) is 2.64. The van der Waals surface area contributed by atoms with E-state index in [4.69, 9.17) is 4.42 Å². The van der Waals surface area contributed by atoms with Gasteiger partial charge in [-0.25, -0.2) is 0 Å². The smallest absolute Gasteiger partial charge is 0.302 e. The summed E-state index contributed by atoms with van der Waals surface area (Å²) in [6.45, 7) is 4.05. The minimum absolute atomic E-state index is 0.0265. The second kappa shape index (κ2) is 8.06. The van der Waals surface area contributed by atoms with E-state index >= 15 is 0 Å². The lowest BCUT2D eigenvalue weighted by Crippen LogP contribution is -2.48. The van der Waals surface area contributed by atoms with Gasteiger partial charge in [0.05, 0.1) is 0 Å². The number of carbonyl (C=O) groups is 3. The van der Waals surface area contributed by atoms with Crippen molar-refractivity contribution in [2.24, 2.45) is 5.92 Å². The molecule has 1 N–H and O–H groups in total. The molecule has 2 aliphatic rings. The maximum absolute atomic E-state index is 12.7. The molecule has 2 fully saturated rings. The van der Waals surface area contributed by atoms with Gasteiger partial charge < -0.3 is 14.2 Å². The van der Waals surface area contributed by atoms with Gasteiger partial charge in [-0.15, -0.1) is 0 Å². The number of hydrogen-bond acceptors (Lipinski definition) is 6. The number of oxazole rings is 1. The minimum atomic E-state index is -0.204. The summed E-state index contributed by atoms with van der Waals surface area (Å²) in [6.07, 6.45) is 4.14. The Labute approximate surface area is 168 Å². The molecule has 8 heteroatoms. The van der Waals surface area contributed by atoms with Gasteiger partial charge in [0, 0.05) is 43.3 Å². The van der Waals surface area contributed by atoms with Crippen molar-refractivity contribution in [2.45, 2.75) is 26.2 Å². The van der Waals surface area contributed by atoms with Gasteiger partial charge in [-0.2, -0.15) is 4.98 Å². The largest absolute Gasteiger partial charge is 0.431 e. The molecule has 1 aromatic carbocycles. The molecular weight excluding hydrogens is 372 g/mol. The van der Waals surface area contributed by atoms with Crippen LogP contribution in [0.2, 0.25) is 0 Å². The van der Waals surface area contributed by atoms with Crippen molar-refractivity contribution < 1.29 is 18.8 Å². The summed E-state index contributed by atoms with van der Waals surface area (Å²) in [5.74, 6) is -0.229. The van der Waals surface area contributed by atoms with Gasteiger partial charge in [-0.3, -0.25) is 19.7 Å². The van der Waals surface area contributed by atoms with Crippen molar-refractivity contribution in [3.63, 3.8) is 0 Å². The Morgan fingerprint density at radius 3 is 2.34 bits per heavy atom. The van der Waals surface area contributed by atoms with Crippen LogP contribution in [0, 0.1) is 5.92 Å². The Morgan fingerprint density at radius 1 is 1.07 bits per heavy atom. The maximum Gasteiger partial charge on any atom is 0.302 e. The molecular formula is C21H24N4O4. The van der Waals surface area contributed by atoms with Gasteiger partial charge in [0.1, 0.15) is 6.26 Å². The summed E-state index contributed by atoms with van der Waals surface area (Å²) in [5.41, 5.74) is 1.92. The minimum Gasteiger partial charge on any atom is -0.431 e. The monoisotopic (exact) mass is 396 g/mol. The number of carbonyl (C=O) groups excluding carboxylic acids is 3. The van der Waals surface area contributed by atoms with Crippen LogP contribution in [0.1, 0.15) is 47.0 Å². The highest BCUT2D eigenvalue weighted by Gasteiger charge is 2.28. The first kappa shape index (κ1) is 19.2. The molecule has 0 radical (unpaired) electrons. The zero-order valence-corrected chi connectivity index (χ0v) is 16.4. The van der Waals surface area contributed by atoms with Crippen LogP contribution in [0.4, 0.5) is 11.7 Å². The third kappa shape index (κ3) is 4.16. The van der Waals surface area contributed by atoms with Gasteiger partial charge in [0.25, 0.3) is 5.91 Å². The fraction of sp³-hybridized carbons (Fsp3) is 0.429. The molecule has 1 aromatic heterocycles. The summed E-state index contributed by atoms with van der Waals surface area (Å²) < 4.78 is 5.26. The first-order valence-corrected chi connectivity index (χ1v) is 9.93. The van der Waals surface area contributed by atoms with E-state index in [0.29, 0.717) is 31.7 Å². The fourth-order valence-electron chi connectivity index (χ4n) is 3.54. The predicted molar refractivity (Wildman–Crippen MR) is 107 cm³/mol. The first-order valence-electron chi connectivity index (χ1n) is 9.93. The van der Waals surface area contributed by atoms with E-state index in [9.17, 15) is 14.4 Å². The molecule has 152 valence electrons. The number of anilines is 2. The highest BCUT2D eigenvalue weighted by atomic mass is 16.4. The molecule has 1 aliphatic heterocycles. The van der Waals surface area contributed by atoms with E-state index in [2.05, 4.69) is 15.2 Å². The molecule has 4 rings (SSSR count). The lowest BCUT2D eigenvalue weighted by molar-refractivity contribution is -0.122. The van der Waals surface area contributed by atoms with Crippen LogP contribution in [-0.2, 0) is 4.79 Å². The molecule has 1 saturated heterocycles. The second-order valence-electron chi connectivity index (χ2n) is 7.54. The van der Waals surface area contributed by atoms with Crippen molar-refractivity contribution in [1.29, 1.82) is 0 Å². The normalized spacial score (nSPS) is 17.0. The van der Waals surface area contributed by atoms with E-state index in [1.54, 1.807) is 11.8 Å². The third-order valence-electron chi connectivity index (χ3n) is 5.64. The summed E-state index contributed by atoms with van der Waals surface area (Å²) >= 11 is 0. The molecule has 0 spiro atoms. The van der Waals surface area contributed by atoms with E-state index in [0.717, 1.165) is 24.9 Å². The number of aromatic nitrogens is 1. The highest BCUT2D eigenvalue weighted by Crippen LogP contribution is 2.27. The molecule has 1 saturated carbocycles. The molecule has 1 aliphatic carbocycles. The Morgan fingerprint density at radius 2 is 1.76 bits per heavy atom. The van der Waals surface area contributed by atoms with Crippen LogP contribution < -0.4 is 10.2 Å². The van der Waals surface area contributed by atoms with Crippen LogP contribution >= 0.6 is 0 Å². The second-order valence-corrected chi connectivity index (χ2v) is 7.54. The van der Waals surface area contributed by atoms with Crippen molar-refractivity contribution >= 4 is 29.3 Å². The summed E-state index contributed by atoms with van der Waals surface area (Å²) in [6, 6.07) is 7.59. The number of hydrogen-bond donors (Lipinski definition) is 1. The standard InChI is InChI=1S/C21H24N4O4/c1-14(26)15-5-7-17(8-6-15)24-9-11-25(12-10-24)20(28)18-13-29-21(22-18)23-19(27)16-3-2-4-16/h5-8,13,16H,2-4,9-12H2,1H3,(H,22,23,27). The highest BCUT2D eigenvalue weighted by molar-refractivity contribution is 5.95. The van der Waals surface area contributed by atoms with Gasteiger partial charge in [0.2, 0.25) is 5.91 Å². The van der Waals surface area contributed by atoms with Crippen molar-refractivity contribution in [1.82, 2.24) is 9.88 Å². The van der Waals surface area contributed by atoms with E-state index < -0.39 is 0 Å². The molecule has 0 unspecified atom stereocenters. The number of Topliss-reactive ketones (excluding diaryl/α,β-unsaturated/α-hetero) is 1. The zero-order chi connectivity index (χ0) is 20.4.